The Morgan fingerprint density at radius 1 is 1.19 bits per heavy atom. The minimum Gasteiger partial charge on any atom is -0.336 e. The first-order valence-corrected chi connectivity index (χ1v) is 10.0. The van der Waals surface area contributed by atoms with Gasteiger partial charge in [-0.15, -0.1) is 11.3 Å². The molecular weight excluding hydrogens is 346 g/mol. The van der Waals surface area contributed by atoms with Crippen molar-refractivity contribution in [2.45, 2.75) is 32.7 Å². The lowest BCUT2D eigenvalue weighted by Gasteiger charge is -2.34. The van der Waals surface area contributed by atoms with E-state index in [1.165, 1.54) is 0 Å². The lowest BCUT2D eigenvalue weighted by Crippen LogP contribution is -2.48. The topological polar surface area (TPSA) is 53.5 Å². The van der Waals surface area contributed by atoms with Gasteiger partial charge >= 0.3 is 0 Å². The van der Waals surface area contributed by atoms with E-state index in [1.54, 1.807) is 11.3 Å². The Morgan fingerprint density at radius 3 is 2.73 bits per heavy atom. The fourth-order valence-electron chi connectivity index (χ4n) is 3.65. The van der Waals surface area contributed by atoms with Crippen molar-refractivity contribution in [2.24, 2.45) is 0 Å². The maximum Gasteiger partial charge on any atom is 0.253 e. The number of thiazole rings is 1. The number of Topliss-reactive ketones (excluding diaryl/α,β-unsaturated/α-hetero) is 1. The summed E-state index contributed by atoms with van der Waals surface area (Å²) in [7, 11) is 0. The molecule has 1 aliphatic carbocycles. The fraction of sp³-hybridized carbons (Fsp3) is 0.450. The van der Waals surface area contributed by atoms with Crippen LogP contribution in [0.4, 0.5) is 0 Å². The quantitative estimate of drug-likeness (QED) is 0.835. The third-order valence-corrected chi connectivity index (χ3v) is 6.22. The van der Waals surface area contributed by atoms with Gasteiger partial charge in [0.25, 0.3) is 5.91 Å². The Labute approximate surface area is 157 Å². The third kappa shape index (κ3) is 3.57. The van der Waals surface area contributed by atoms with Crippen LogP contribution >= 0.6 is 11.3 Å². The summed E-state index contributed by atoms with van der Waals surface area (Å²) < 4.78 is 0. The highest BCUT2D eigenvalue weighted by molar-refractivity contribution is 7.13. The van der Waals surface area contributed by atoms with E-state index in [-0.39, 0.29) is 11.7 Å². The van der Waals surface area contributed by atoms with Crippen LogP contribution in [0.2, 0.25) is 0 Å². The van der Waals surface area contributed by atoms with Gasteiger partial charge in [-0.1, -0.05) is 17.7 Å². The first-order chi connectivity index (χ1) is 12.6. The van der Waals surface area contributed by atoms with Crippen molar-refractivity contribution in [3.8, 4) is 0 Å². The van der Waals surface area contributed by atoms with Crippen LogP contribution in [-0.2, 0) is 13.0 Å². The third-order valence-electron chi connectivity index (χ3n) is 5.10. The van der Waals surface area contributed by atoms with E-state index in [1.807, 2.05) is 36.1 Å². The monoisotopic (exact) mass is 369 g/mol. The van der Waals surface area contributed by atoms with Crippen LogP contribution < -0.4 is 0 Å². The molecule has 1 saturated heterocycles. The van der Waals surface area contributed by atoms with Gasteiger partial charge < -0.3 is 4.90 Å². The Kier molecular flexibility index (Phi) is 4.87. The number of benzene rings is 1. The predicted octanol–water partition coefficient (Wildman–Crippen LogP) is 2.93. The van der Waals surface area contributed by atoms with E-state index >= 15 is 0 Å². The lowest BCUT2D eigenvalue weighted by atomic mass is 10.0. The number of aryl methyl sites for hydroxylation is 2. The summed E-state index contributed by atoms with van der Waals surface area (Å²) in [6.45, 7) is 5.93. The van der Waals surface area contributed by atoms with Gasteiger partial charge in [0.15, 0.2) is 5.78 Å². The van der Waals surface area contributed by atoms with Gasteiger partial charge in [0.2, 0.25) is 0 Å². The summed E-state index contributed by atoms with van der Waals surface area (Å²) in [5.41, 5.74) is 2.87. The average Bonchev–Trinajstić information content (AvgIpc) is 3.06. The molecule has 1 amide bonds. The molecule has 136 valence electrons. The molecule has 1 aliphatic heterocycles. The predicted molar refractivity (Wildman–Crippen MR) is 102 cm³/mol. The number of amides is 1. The first-order valence-electron chi connectivity index (χ1n) is 9.20. The molecule has 0 radical (unpaired) electrons. The molecule has 4 rings (SSSR count). The first kappa shape index (κ1) is 17.4. The molecule has 2 aliphatic rings. The van der Waals surface area contributed by atoms with Gasteiger partial charge in [-0.3, -0.25) is 14.5 Å². The number of hydrogen-bond donors (Lipinski definition) is 0. The summed E-state index contributed by atoms with van der Waals surface area (Å²) in [5, 5.41) is 1.03. The highest BCUT2D eigenvalue weighted by Crippen LogP contribution is 2.27. The van der Waals surface area contributed by atoms with Crippen LogP contribution in [-0.4, -0.2) is 52.7 Å². The van der Waals surface area contributed by atoms with Crippen LogP contribution in [0.25, 0.3) is 0 Å². The van der Waals surface area contributed by atoms with E-state index in [9.17, 15) is 9.59 Å². The molecule has 2 aromatic rings. The normalized spacial score (nSPS) is 18.0. The average molecular weight is 369 g/mol. The van der Waals surface area contributed by atoms with Crippen LogP contribution in [0.3, 0.4) is 0 Å². The number of rotatable bonds is 3. The molecule has 2 heterocycles. The molecule has 5 nitrogen and oxygen atoms in total. The van der Waals surface area contributed by atoms with Gasteiger partial charge in [-0.05, 0) is 31.9 Å². The molecule has 6 heteroatoms. The number of nitrogens with zero attached hydrogens (tertiary/aromatic N) is 3. The van der Waals surface area contributed by atoms with Gasteiger partial charge in [0, 0.05) is 38.2 Å². The van der Waals surface area contributed by atoms with Crippen molar-refractivity contribution in [1.29, 1.82) is 0 Å². The smallest absolute Gasteiger partial charge is 0.253 e. The Balaban J connectivity index is 1.35. The van der Waals surface area contributed by atoms with Crippen LogP contribution in [0.5, 0.6) is 0 Å². The number of carbonyl (C=O) groups excluding carboxylic acids is 2. The Hall–Kier alpha value is -2.05. The van der Waals surface area contributed by atoms with Gasteiger partial charge in [0.1, 0.15) is 5.01 Å². The standard InChI is InChI=1S/C20H23N3O2S/c1-14-4-2-5-15(12-14)20(25)23-10-8-22(9-11-23)13-18-21-16-6-3-7-17(24)19(16)26-18/h2,4-5,12H,3,6-11,13H2,1H3. The molecule has 0 atom stereocenters. The number of piperazine rings is 1. The highest BCUT2D eigenvalue weighted by Gasteiger charge is 2.25. The van der Waals surface area contributed by atoms with Crippen molar-refractivity contribution >= 4 is 23.0 Å². The second-order valence-electron chi connectivity index (χ2n) is 7.10. The van der Waals surface area contributed by atoms with E-state index in [0.717, 1.165) is 72.3 Å². The molecular formula is C20H23N3O2S. The van der Waals surface area contributed by atoms with Crippen molar-refractivity contribution in [3.05, 3.63) is 51.0 Å². The zero-order valence-corrected chi connectivity index (χ0v) is 15.8. The van der Waals surface area contributed by atoms with Crippen molar-refractivity contribution < 1.29 is 9.59 Å². The van der Waals surface area contributed by atoms with Crippen LogP contribution in [0.15, 0.2) is 24.3 Å². The minimum absolute atomic E-state index is 0.114. The second-order valence-corrected chi connectivity index (χ2v) is 8.18. The van der Waals surface area contributed by atoms with E-state index < -0.39 is 0 Å². The van der Waals surface area contributed by atoms with Crippen LogP contribution in [0, 0.1) is 6.92 Å². The molecule has 0 unspecified atom stereocenters. The van der Waals surface area contributed by atoms with Crippen LogP contribution in [0.1, 0.15) is 49.1 Å². The fourth-order valence-corrected chi connectivity index (χ4v) is 4.77. The van der Waals surface area contributed by atoms with Crippen molar-refractivity contribution in [3.63, 3.8) is 0 Å². The Bertz CT molecular complexity index is 837. The molecule has 0 bridgehead atoms. The number of aromatic nitrogens is 1. The summed E-state index contributed by atoms with van der Waals surface area (Å²) in [6, 6.07) is 7.78. The molecule has 1 fully saturated rings. The Morgan fingerprint density at radius 2 is 2.00 bits per heavy atom. The second kappa shape index (κ2) is 7.29. The zero-order valence-electron chi connectivity index (χ0n) is 15.0. The molecule has 1 aromatic heterocycles. The number of ketones is 1. The molecule has 0 saturated carbocycles. The minimum atomic E-state index is 0.114. The number of hydrogen-bond acceptors (Lipinski definition) is 5. The lowest BCUT2D eigenvalue weighted by molar-refractivity contribution is 0.0628. The maximum atomic E-state index is 12.6. The highest BCUT2D eigenvalue weighted by atomic mass is 32.1. The molecule has 26 heavy (non-hydrogen) atoms. The van der Waals surface area contributed by atoms with E-state index in [4.69, 9.17) is 0 Å². The summed E-state index contributed by atoms with van der Waals surface area (Å²) in [6.07, 6.45) is 2.51. The van der Waals surface area contributed by atoms with E-state index in [2.05, 4.69) is 9.88 Å². The summed E-state index contributed by atoms with van der Waals surface area (Å²) >= 11 is 1.56. The zero-order chi connectivity index (χ0) is 18.1. The maximum absolute atomic E-state index is 12.6. The molecule has 1 aromatic carbocycles. The number of carbonyl (C=O) groups is 2. The summed E-state index contributed by atoms with van der Waals surface area (Å²) in [4.78, 5) is 34.4. The van der Waals surface area contributed by atoms with Crippen molar-refractivity contribution in [2.75, 3.05) is 26.2 Å². The SMILES string of the molecule is Cc1cccc(C(=O)N2CCN(Cc3nc4c(s3)C(=O)CCC4)CC2)c1. The largest absolute Gasteiger partial charge is 0.336 e. The molecule has 0 spiro atoms. The van der Waals surface area contributed by atoms with Gasteiger partial charge in [-0.25, -0.2) is 4.98 Å². The molecule has 0 N–H and O–H groups in total. The van der Waals surface area contributed by atoms with E-state index in [0.29, 0.717) is 6.42 Å². The van der Waals surface area contributed by atoms with Gasteiger partial charge in [-0.2, -0.15) is 0 Å². The van der Waals surface area contributed by atoms with Gasteiger partial charge in [0.05, 0.1) is 17.1 Å². The van der Waals surface area contributed by atoms with Crippen molar-refractivity contribution in [1.82, 2.24) is 14.8 Å². The number of fused-ring (bicyclic) bond motifs is 1. The summed E-state index contributed by atoms with van der Waals surface area (Å²) in [5.74, 6) is 0.368.